The Labute approximate surface area is 237 Å². The first-order chi connectivity index (χ1) is 19.7. The first kappa shape index (κ1) is 24.8. The summed E-state index contributed by atoms with van der Waals surface area (Å²) in [7, 11) is 0. The Morgan fingerprint density at radius 1 is 0.500 bits per heavy atom. The Bertz CT molecular complexity index is 1360. The fourth-order valence-electron chi connectivity index (χ4n) is 10.7. The number of fused-ring (bicyclic) bond motifs is 4. The van der Waals surface area contributed by atoms with Crippen molar-refractivity contribution in [3.63, 3.8) is 0 Å². The molecule has 204 valence electrons. The van der Waals surface area contributed by atoms with Crippen LogP contribution >= 0.6 is 0 Å². The summed E-state index contributed by atoms with van der Waals surface area (Å²) in [6.45, 7) is 0. The molecule has 2 heteroatoms. The van der Waals surface area contributed by atoms with E-state index < -0.39 is 11.6 Å². The first-order valence-electron chi connectivity index (χ1n) is 15.7. The lowest BCUT2D eigenvalue weighted by molar-refractivity contribution is 0.0613. The van der Waals surface area contributed by atoms with E-state index in [0.29, 0.717) is 47.3 Å². The maximum absolute atomic E-state index is 14.4. The number of benzene rings is 3. The summed E-state index contributed by atoms with van der Waals surface area (Å²) < 4.78 is 28.8. The van der Waals surface area contributed by atoms with Crippen molar-refractivity contribution in [2.45, 2.75) is 62.7 Å². The van der Waals surface area contributed by atoms with E-state index in [-0.39, 0.29) is 5.92 Å². The van der Waals surface area contributed by atoms with Crippen LogP contribution in [0.2, 0.25) is 0 Å². The fourth-order valence-corrected chi connectivity index (χ4v) is 10.7. The van der Waals surface area contributed by atoms with Gasteiger partial charge in [0.05, 0.1) is 0 Å². The largest absolute Gasteiger partial charge is 0.207 e. The lowest BCUT2D eigenvalue weighted by atomic mass is 9.55. The average molecular weight is 533 g/mol. The molecule has 3 aromatic carbocycles. The molecule has 0 heterocycles. The Morgan fingerprint density at radius 2 is 1.02 bits per heavy atom. The second kappa shape index (κ2) is 9.82. The normalized spacial score (nSPS) is 36.1. The Morgan fingerprint density at radius 3 is 1.60 bits per heavy atom. The molecule has 4 fully saturated rings. The molecule has 0 spiro atoms. The summed E-state index contributed by atoms with van der Waals surface area (Å²) >= 11 is 0. The van der Waals surface area contributed by atoms with E-state index in [1.165, 1.54) is 36.8 Å². The maximum Gasteiger partial charge on any atom is 0.126 e. The predicted molar refractivity (Wildman–Crippen MR) is 157 cm³/mol. The van der Waals surface area contributed by atoms with E-state index in [1.807, 2.05) is 0 Å². The summed E-state index contributed by atoms with van der Waals surface area (Å²) in [5, 5.41) is 0. The van der Waals surface area contributed by atoms with Gasteiger partial charge in [-0.2, -0.15) is 0 Å². The van der Waals surface area contributed by atoms with Gasteiger partial charge < -0.3 is 0 Å². The zero-order valence-corrected chi connectivity index (χ0v) is 23.1. The average Bonchev–Trinajstić information content (AvgIpc) is 3.31. The van der Waals surface area contributed by atoms with Crippen LogP contribution in [0.25, 0.3) is 0 Å². The molecule has 5 aliphatic rings. The van der Waals surface area contributed by atoms with Gasteiger partial charge in [0.1, 0.15) is 11.6 Å². The number of hydrogen-bond donors (Lipinski definition) is 0. The van der Waals surface area contributed by atoms with E-state index in [9.17, 15) is 8.78 Å². The molecule has 0 radical (unpaired) electrons. The minimum atomic E-state index is -0.430. The minimum absolute atomic E-state index is 0.264. The zero-order valence-electron chi connectivity index (χ0n) is 23.1. The van der Waals surface area contributed by atoms with Gasteiger partial charge in [0.15, 0.2) is 0 Å². The van der Waals surface area contributed by atoms with Crippen molar-refractivity contribution in [3.05, 3.63) is 130 Å². The third-order valence-electron chi connectivity index (χ3n) is 11.6. The van der Waals surface area contributed by atoms with Crippen LogP contribution in [-0.2, 0) is 0 Å². The maximum atomic E-state index is 14.4. The summed E-state index contributed by atoms with van der Waals surface area (Å²) in [5.41, 5.74) is 7.05. The van der Waals surface area contributed by atoms with Crippen LogP contribution in [0.3, 0.4) is 0 Å². The molecular formula is C38H38F2. The monoisotopic (exact) mass is 532 g/mol. The Balaban J connectivity index is 1.29. The van der Waals surface area contributed by atoms with Crippen molar-refractivity contribution in [1.29, 1.82) is 0 Å². The molecular weight excluding hydrogens is 494 g/mol. The highest BCUT2D eigenvalue weighted by molar-refractivity contribution is 5.53. The molecule has 0 saturated heterocycles. The van der Waals surface area contributed by atoms with Gasteiger partial charge in [-0.1, -0.05) is 79.2 Å². The molecule has 0 nitrogen and oxygen atoms in total. The van der Waals surface area contributed by atoms with Crippen LogP contribution in [0.1, 0.15) is 79.4 Å². The Hall–Kier alpha value is -3.00. The third kappa shape index (κ3) is 3.81. The van der Waals surface area contributed by atoms with Crippen molar-refractivity contribution >= 4 is 0 Å². The standard InChI is InChI=1S/C38H38F2/c39-26-20-25(21-27(40)22-26)28-18-19-33-36-29(28)16-9-17-32(36)37-34(23-10-3-1-4-11-23)30-14-7-8-15-31(30)35(38(33)37)24-12-5-2-6-13-24/h1-6,10-15,20-22,28-29,32-38H,7-9,16-19H2. The molecule has 0 aliphatic heterocycles. The van der Waals surface area contributed by atoms with E-state index in [2.05, 4.69) is 72.8 Å². The summed E-state index contributed by atoms with van der Waals surface area (Å²) in [6, 6.07) is 27.0. The third-order valence-corrected chi connectivity index (χ3v) is 11.6. The molecule has 9 atom stereocenters. The van der Waals surface area contributed by atoms with Crippen LogP contribution in [0, 0.1) is 47.1 Å². The van der Waals surface area contributed by atoms with Gasteiger partial charge in [-0.05, 0) is 120 Å². The minimum Gasteiger partial charge on any atom is -0.207 e. The molecule has 40 heavy (non-hydrogen) atoms. The van der Waals surface area contributed by atoms with Crippen molar-refractivity contribution in [3.8, 4) is 0 Å². The van der Waals surface area contributed by atoms with Gasteiger partial charge >= 0.3 is 0 Å². The predicted octanol–water partition coefficient (Wildman–Crippen LogP) is 9.96. The molecule has 8 rings (SSSR count). The van der Waals surface area contributed by atoms with Gasteiger partial charge in [0.25, 0.3) is 0 Å². The highest BCUT2D eigenvalue weighted by atomic mass is 19.1. The van der Waals surface area contributed by atoms with Crippen molar-refractivity contribution in [2.75, 3.05) is 0 Å². The van der Waals surface area contributed by atoms with Crippen molar-refractivity contribution in [1.82, 2.24) is 0 Å². The molecule has 0 bridgehead atoms. The first-order valence-corrected chi connectivity index (χ1v) is 15.7. The summed E-state index contributed by atoms with van der Waals surface area (Å²) in [4.78, 5) is 0. The molecule has 0 N–H and O–H groups in total. The van der Waals surface area contributed by atoms with Crippen LogP contribution in [0.5, 0.6) is 0 Å². The van der Waals surface area contributed by atoms with E-state index in [4.69, 9.17) is 0 Å². The van der Waals surface area contributed by atoms with E-state index in [1.54, 1.807) is 23.3 Å². The van der Waals surface area contributed by atoms with Gasteiger partial charge in [-0.15, -0.1) is 0 Å². The van der Waals surface area contributed by atoms with Gasteiger partial charge in [-0.3, -0.25) is 0 Å². The fraction of sp³-hybridized carbons (Fsp3) is 0.421. The topological polar surface area (TPSA) is 0 Å². The van der Waals surface area contributed by atoms with Crippen LogP contribution < -0.4 is 0 Å². The van der Waals surface area contributed by atoms with Crippen molar-refractivity contribution < 1.29 is 8.78 Å². The number of halogens is 2. The number of hydrogen-bond acceptors (Lipinski definition) is 0. The highest BCUT2D eigenvalue weighted by Gasteiger charge is 2.63. The lowest BCUT2D eigenvalue weighted by Gasteiger charge is -2.48. The summed E-state index contributed by atoms with van der Waals surface area (Å²) in [6.07, 6.45) is 13.4. The molecule has 3 aromatic rings. The van der Waals surface area contributed by atoms with Crippen LogP contribution in [-0.4, -0.2) is 0 Å². The Kier molecular flexibility index (Phi) is 6.08. The molecule has 4 saturated carbocycles. The van der Waals surface area contributed by atoms with E-state index >= 15 is 0 Å². The molecule has 0 amide bonds. The summed E-state index contributed by atoms with van der Waals surface area (Å²) in [5.74, 6) is 3.97. The van der Waals surface area contributed by atoms with Gasteiger partial charge in [0.2, 0.25) is 0 Å². The van der Waals surface area contributed by atoms with Gasteiger partial charge in [0, 0.05) is 17.9 Å². The number of rotatable bonds is 3. The zero-order chi connectivity index (χ0) is 26.8. The quantitative estimate of drug-likeness (QED) is 0.315. The van der Waals surface area contributed by atoms with Crippen LogP contribution in [0.15, 0.2) is 102 Å². The highest BCUT2D eigenvalue weighted by Crippen LogP contribution is 2.71. The molecule has 0 aromatic heterocycles. The number of allylic oxidation sites excluding steroid dienone is 4. The van der Waals surface area contributed by atoms with E-state index in [0.717, 1.165) is 30.9 Å². The smallest absolute Gasteiger partial charge is 0.126 e. The lowest BCUT2D eigenvalue weighted by Crippen LogP contribution is -2.38. The second-order valence-corrected chi connectivity index (χ2v) is 13.2. The second-order valence-electron chi connectivity index (χ2n) is 13.2. The van der Waals surface area contributed by atoms with Gasteiger partial charge in [-0.25, -0.2) is 8.78 Å². The van der Waals surface area contributed by atoms with Crippen molar-refractivity contribution in [2.24, 2.45) is 35.5 Å². The molecule has 5 aliphatic carbocycles. The van der Waals surface area contributed by atoms with Crippen LogP contribution in [0.4, 0.5) is 8.78 Å². The SMILES string of the molecule is Fc1cc(F)cc(C2CCC3C4C2CCCC4C2C(c4ccccc4)C4=CCCC=C4C(c4ccccc4)C32)c1. The molecule has 9 unspecified atom stereocenters.